The van der Waals surface area contributed by atoms with Gasteiger partial charge < -0.3 is 10.2 Å². The molecule has 5 nitrogen and oxygen atoms in total. The fourth-order valence-corrected chi connectivity index (χ4v) is 2.46. The Bertz CT molecular complexity index is 441. The van der Waals surface area contributed by atoms with Crippen LogP contribution >= 0.6 is 0 Å². The fraction of sp³-hybridized carbons (Fsp3) is 0.667. The van der Waals surface area contributed by atoms with E-state index in [2.05, 4.69) is 27.1 Å². The Morgan fingerprint density at radius 2 is 2.20 bits per heavy atom. The van der Waals surface area contributed by atoms with Crippen LogP contribution < -0.4 is 10.2 Å². The maximum atomic E-state index is 12.0. The second-order valence-electron chi connectivity index (χ2n) is 5.40. The number of nitrogens with one attached hydrogen (secondary N) is 1. The first-order chi connectivity index (χ1) is 9.70. The van der Waals surface area contributed by atoms with Gasteiger partial charge in [-0.3, -0.25) is 4.79 Å². The second kappa shape index (κ2) is 7.22. The summed E-state index contributed by atoms with van der Waals surface area (Å²) in [6.07, 6.45) is 5.73. The lowest BCUT2D eigenvalue weighted by molar-refractivity contribution is -0.125. The highest BCUT2D eigenvalue weighted by Crippen LogP contribution is 2.20. The number of aryl methyl sites for hydroxylation is 1. The van der Waals surface area contributed by atoms with Crippen LogP contribution in [0.15, 0.2) is 12.3 Å². The number of carbonyl (C=O) groups excluding carboxylic acids is 1. The minimum atomic E-state index is 0.146. The summed E-state index contributed by atoms with van der Waals surface area (Å²) in [5, 5.41) is 3.03. The summed E-state index contributed by atoms with van der Waals surface area (Å²) in [7, 11) is 0. The second-order valence-corrected chi connectivity index (χ2v) is 5.40. The van der Waals surface area contributed by atoms with E-state index in [0.717, 1.165) is 57.0 Å². The highest BCUT2D eigenvalue weighted by molar-refractivity contribution is 5.78. The quantitative estimate of drug-likeness (QED) is 0.835. The van der Waals surface area contributed by atoms with E-state index in [1.165, 1.54) is 0 Å². The molecule has 1 aliphatic heterocycles. The lowest BCUT2D eigenvalue weighted by Gasteiger charge is -2.31. The SMILES string of the molecule is CCCCNC(=O)C1CCN(c2nccc(C)n2)CC1. The van der Waals surface area contributed by atoms with Crippen LogP contribution in [0.1, 0.15) is 38.3 Å². The third kappa shape index (κ3) is 3.92. The third-order valence-corrected chi connectivity index (χ3v) is 3.76. The smallest absolute Gasteiger partial charge is 0.225 e. The number of aromatic nitrogens is 2. The summed E-state index contributed by atoms with van der Waals surface area (Å²) in [6, 6.07) is 1.90. The van der Waals surface area contributed by atoms with Crippen molar-refractivity contribution in [3.05, 3.63) is 18.0 Å². The molecular formula is C15H24N4O. The summed E-state index contributed by atoms with van der Waals surface area (Å²) in [6.45, 7) is 6.62. The molecule has 2 rings (SSSR count). The van der Waals surface area contributed by atoms with Gasteiger partial charge >= 0.3 is 0 Å². The molecule has 1 fully saturated rings. The van der Waals surface area contributed by atoms with Crippen LogP contribution in [0.5, 0.6) is 0 Å². The van der Waals surface area contributed by atoms with E-state index < -0.39 is 0 Å². The molecule has 0 saturated carbocycles. The van der Waals surface area contributed by atoms with E-state index in [1.54, 1.807) is 6.20 Å². The minimum Gasteiger partial charge on any atom is -0.356 e. The maximum absolute atomic E-state index is 12.0. The van der Waals surface area contributed by atoms with Gasteiger partial charge in [0, 0.05) is 37.4 Å². The van der Waals surface area contributed by atoms with Crippen LogP contribution in [0.25, 0.3) is 0 Å². The van der Waals surface area contributed by atoms with Crippen molar-refractivity contribution in [2.24, 2.45) is 5.92 Å². The van der Waals surface area contributed by atoms with Crippen molar-refractivity contribution in [2.45, 2.75) is 39.5 Å². The number of carbonyl (C=O) groups is 1. The molecule has 0 bridgehead atoms. The molecule has 0 aromatic carbocycles. The number of hydrogen-bond donors (Lipinski definition) is 1. The standard InChI is InChI=1S/C15H24N4O/c1-3-4-8-16-14(20)13-6-10-19(11-7-13)15-17-9-5-12(2)18-15/h5,9,13H,3-4,6-8,10-11H2,1-2H3,(H,16,20). The summed E-state index contributed by atoms with van der Waals surface area (Å²) in [4.78, 5) is 22.9. The molecule has 0 spiro atoms. The molecule has 1 aromatic heterocycles. The number of hydrogen-bond acceptors (Lipinski definition) is 4. The number of anilines is 1. The molecule has 0 unspecified atom stereocenters. The summed E-state index contributed by atoms with van der Waals surface area (Å²) in [5.74, 6) is 1.14. The predicted molar refractivity (Wildman–Crippen MR) is 79.6 cm³/mol. The van der Waals surface area contributed by atoms with Crippen LogP contribution in [0.2, 0.25) is 0 Å². The van der Waals surface area contributed by atoms with Crippen LogP contribution in [0.4, 0.5) is 5.95 Å². The molecule has 1 N–H and O–H groups in total. The Morgan fingerprint density at radius 1 is 1.45 bits per heavy atom. The number of amides is 1. The van der Waals surface area contributed by atoms with Gasteiger partial charge in [-0.25, -0.2) is 9.97 Å². The Morgan fingerprint density at radius 3 is 2.85 bits per heavy atom. The highest BCUT2D eigenvalue weighted by atomic mass is 16.1. The average Bonchev–Trinajstić information content (AvgIpc) is 2.47. The number of rotatable bonds is 5. The van der Waals surface area contributed by atoms with Gasteiger partial charge in [0.15, 0.2) is 0 Å². The van der Waals surface area contributed by atoms with E-state index in [-0.39, 0.29) is 11.8 Å². The molecule has 1 aromatic rings. The molecule has 5 heteroatoms. The first-order valence-electron chi connectivity index (χ1n) is 7.53. The lowest BCUT2D eigenvalue weighted by atomic mass is 9.96. The Kier molecular flexibility index (Phi) is 5.32. The van der Waals surface area contributed by atoms with E-state index in [9.17, 15) is 4.79 Å². The molecule has 1 amide bonds. The lowest BCUT2D eigenvalue weighted by Crippen LogP contribution is -2.41. The average molecular weight is 276 g/mol. The fourth-order valence-electron chi connectivity index (χ4n) is 2.46. The number of unbranched alkanes of at least 4 members (excludes halogenated alkanes) is 1. The van der Waals surface area contributed by atoms with Gasteiger partial charge in [-0.05, 0) is 32.3 Å². The molecular weight excluding hydrogens is 252 g/mol. The number of nitrogens with zero attached hydrogens (tertiary/aromatic N) is 3. The van der Waals surface area contributed by atoms with Crippen molar-refractivity contribution < 1.29 is 4.79 Å². The topological polar surface area (TPSA) is 58.1 Å². The minimum absolute atomic E-state index is 0.146. The zero-order valence-electron chi connectivity index (χ0n) is 12.4. The third-order valence-electron chi connectivity index (χ3n) is 3.76. The normalized spacial score (nSPS) is 16.2. The monoisotopic (exact) mass is 276 g/mol. The first kappa shape index (κ1) is 14.8. The molecule has 1 saturated heterocycles. The largest absolute Gasteiger partial charge is 0.356 e. The van der Waals surface area contributed by atoms with Gasteiger partial charge in [0.05, 0.1) is 0 Å². The van der Waals surface area contributed by atoms with Crippen molar-refractivity contribution in [3.63, 3.8) is 0 Å². The zero-order valence-corrected chi connectivity index (χ0v) is 12.4. The molecule has 0 aliphatic carbocycles. The van der Waals surface area contributed by atoms with Crippen LogP contribution in [0, 0.1) is 12.8 Å². The van der Waals surface area contributed by atoms with Gasteiger partial charge in [0.2, 0.25) is 11.9 Å². The van der Waals surface area contributed by atoms with E-state index in [1.807, 2.05) is 13.0 Å². The van der Waals surface area contributed by atoms with Crippen LogP contribution in [-0.4, -0.2) is 35.5 Å². The van der Waals surface area contributed by atoms with Crippen LogP contribution in [0.3, 0.4) is 0 Å². The predicted octanol–water partition coefficient (Wildman–Crippen LogP) is 1.92. The van der Waals surface area contributed by atoms with E-state index in [4.69, 9.17) is 0 Å². The Labute approximate surface area is 120 Å². The summed E-state index contributed by atoms with van der Waals surface area (Å²) >= 11 is 0. The van der Waals surface area contributed by atoms with Crippen LogP contribution in [-0.2, 0) is 4.79 Å². The van der Waals surface area contributed by atoms with Gasteiger partial charge in [-0.2, -0.15) is 0 Å². The van der Waals surface area contributed by atoms with Gasteiger partial charge in [-0.1, -0.05) is 13.3 Å². The Hall–Kier alpha value is -1.65. The van der Waals surface area contributed by atoms with E-state index >= 15 is 0 Å². The van der Waals surface area contributed by atoms with Gasteiger partial charge in [-0.15, -0.1) is 0 Å². The van der Waals surface area contributed by atoms with Crippen molar-refractivity contribution >= 4 is 11.9 Å². The van der Waals surface area contributed by atoms with Gasteiger partial charge in [0.25, 0.3) is 0 Å². The van der Waals surface area contributed by atoms with Gasteiger partial charge in [0.1, 0.15) is 0 Å². The molecule has 0 radical (unpaired) electrons. The maximum Gasteiger partial charge on any atom is 0.225 e. The summed E-state index contributed by atoms with van der Waals surface area (Å²) in [5.41, 5.74) is 0.981. The molecule has 20 heavy (non-hydrogen) atoms. The number of piperidine rings is 1. The summed E-state index contributed by atoms with van der Waals surface area (Å²) < 4.78 is 0. The molecule has 110 valence electrons. The van der Waals surface area contributed by atoms with Crippen molar-refractivity contribution in [1.82, 2.24) is 15.3 Å². The highest BCUT2D eigenvalue weighted by Gasteiger charge is 2.25. The zero-order chi connectivity index (χ0) is 14.4. The Balaban J connectivity index is 1.81. The van der Waals surface area contributed by atoms with Crippen molar-refractivity contribution in [3.8, 4) is 0 Å². The molecule has 0 atom stereocenters. The van der Waals surface area contributed by atoms with Crippen molar-refractivity contribution in [2.75, 3.05) is 24.5 Å². The molecule has 1 aliphatic rings. The van der Waals surface area contributed by atoms with E-state index in [0.29, 0.717) is 0 Å². The first-order valence-corrected chi connectivity index (χ1v) is 7.53. The molecule has 2 heterocycles. The van der Waals surface area contributed by atoms with Crippen molar-refractivity contribution in [1.29, 1.82) is 0 Å².